The third-order valence-electron chi connectivity index (χ3n) is 1.88. The van der Waals surface area contributed by atoms with Crippen LogP contribution in [0.25, 0.3) is 0 Å². The lowest BCUT2D eigenvalue weighted by atomic mass is 10.5. The van der Waals surface area contributed by atoms with E-state index in [4.69, 9.17) is 0 Å². The Labute approximate surface area is 92.5 Å². The molecule has 2 heterocycles. The summed E-state index contributed by atoms with van der Waals surface area (Å²) in [6.07, 6.45) is 8.22. The van der Waals surface area contributed by atoms with Crippen molar-refractivity contribution in [3.8, 4) is 0 Å². The maximum Gasteiger partial charge on any atom is 0.343 e. The number of rotatable bonds is 2. The molecule has 0 N–H and O–H groups in total. The van der Waals surface area contributed by atoms with Gasteiger partial charge in [-0.05, 0) is 0 Å². The van der Waals surface area contributed by atoms with E-state index in [9.17, 15) is 0 Å². The molecule has 0 fully saturated rings. The zero-order valence-electron chi connectivity index (χ0n) is 7.38. The van der Waals surface area contributed by atoms with Crippen LogP contribution in [0.1, 0.15) is 14.9 Å². The standard InChI is InChI=1S/C11H12N2.2CH4/c1-3-7-12(8-4-1)11-13-9-5-2-6-10-13;;/h1-10H,11H2;2*1H4/q+2;;. The predicted molar refractivity (Wildman–Crippen MR) is 62.1 cm³/mol. The van der Waals surface area contributed by atoms with Crippen molar-refractivity contribution in [2.75, 3.05) is 0 Å². The highest BCUT2D eigenvalue weighted by Crippen LogP contribution is 1.77. The van der Waals surface area contributed by atoms with Crippen LogP contribution in [0.3, 0.4) is 0 Å². The van der Waals surface area contributed by atoms with E-state index in [1.807, 2.05) is 36.4 Å². The normalized spacial score (nSPS) is 8.53. The summed E-state index contributed by atoms with van der Waals surface area (Å²) >= 11 is 0. The Kier molecular flexibility index (Phi) is 5.95. The largest absolute Gasteiger partial charge is 0.343 e. The number of pyridine rings is 2. The first-order chi connectivity index (χ1) is 6.45. The molecular formula is C13H20N2+2. The SMILES string of the molecule is C.C.c1cc[n+](C[n+]2ccccc2)cc1. The summed E-state index contributed by atoms with van der Waals surface area (Å²) in [5, 5.41) is 0. The van der Waals surface area contributed by atoms with Gasteiger partial charge in [0.15, 0.2) is 24.8 Å². The van der Waals surface area contributed by atoms with Crippen LogP contribution in [0.4, 0.5) is 0 Å². The molecule has 0 bridgehead atoms. The zero-order chi connectivity index (χ0) is 8.93. The summed E-state index contributed by atoms with van der Waals surface area (Å²) in [5.41, 5.74) is 0. The minimum atomic E-state index is 0. The van der Waals surface area contributed by atoms with Crippen LogP contribution in [0.15, 0.2) is 61.2 Å². The van der Waals surface area contributed by atoms with Crippen LogP contribution < -0.4 is 9.13 Å². The topological polar surface area (TPSA) is 7.76 Å². The molecule has 0 radical (unpaired) electrons. The van der Waals surface area contributed by atoms with E-state index in [-0.39, 0.29) is 14.9 Å². The van der Waals surface area contributed by atoms with Gasteiger partial charge in [-0.15, -0.1) is 9.13 Å². The van der Waals surface area contributed by atoms with Crippen LogP contribution in [0.2, 0.25) is 0 Å². The molecule has 2 rings (SSSR count). The monoisotopic (exact) mass is 204 g/mol. The minimum Gasteiger partial charge on any atom is -0.147 e. The van der Waals surface area contributed by atoms with Crippen LogP contribution in [-0.2, 0) is 6.67 Å². The molecular weight excluding hydrogens is 184 g/mol. The van der Waals surface area contributed by atoms with Crippen molar-refractivity contribution < 1.29 is 9.13 Å². The first-order valence-corrected chi connectivity index (χ1v) is 4.33. The van der Waals surface area contributed by atoms with E-state index in [2.05, 4.69) is 33.9 Å². The molecule has 80 valence electrons. The van der Waals surface area contributed by atoms with Gasteiger partial charge in [0.05, 0.1) is 0 Å². The van der Waals surface area contributed by atoms with Gasteiger partial charge >= 0.3 is 6.67 Å². The second-order valence-electron chi connectivity index (χ2n) is 2.92. The first-order valence-electron chi connectivity index (χ1n) is 4.33. The molecule has 0 saturated carbocycles. The molecule has 0 unspecified atom stereocenters. The van der Waals surface area contributed by atoms with Crippen molar-refractivity contribution in [2.24, 2.45) is 0 Å². The van der Waals surface area contributed by atoms with E-state index in [0.717, 1.165) is 6.67 Å². The average Bonchev–Trinajstić information content (AvgIpc) is 2.21. The third-order valence-corrected chi connectivity index (χ3v) is 1.88. The van der Waals surface area contributed by atoms with Crippen molar-refractivity contribution in [1.82, 2.24) is 0 Å². The molecule has 0 aromatic carbocycles. The molecule has 0 amide bonds. The Bertz CT molecular complexity index is 319. The van der Waals surface area contributed by atoms with Gasteiger partial charge < -0.3 is 0 Å². The lowest BCUT2D eigenvalue weighted by Crippen LogP contribution is -2.50. The van der Waals surface area contributed by atoms with Gasteiger partial charge in [-0.1, -0.05) is 27.0 Å². The lowest BCUT2D eigenvalue weighted by molar-refractivity contribution is -0.913. The third kappa shape index (κ3) is 3.90. The molecule has 2 aromatic heterocycles. The first kappa shape index (κ1) is 13.3. The van der Waals surface area contributed by atoms with E-state index in [1.54, 1.807) is 0 Å². The van der Waals surface area contributed by atoms with Crippen molar-refractivity contribution in [3.63, 3.8) is 0 Å². The van der Waals surface area contributed by atoms with Crippen LogP contribution in [-0.4, -0.2) is 0 Å². The number of aromatic nitrogens is 2. The lowest BCUT2D eigenvalue weighted by Gasteiger charge is -1.91. The summed E-state index contributed by atoms with van der Waals surface area (Å²) in [6, 6.07) is 12.2. The fourth-order valence-electron chi connectivity index (χ4n) is 1.25. The van der Waals surface area contributed by atoms with Crippen molar-refractivity contribution >= 4 is 0 Å². The molecule has 0 spiro atoms. The van der Waals surface area contributed by atoms with E-state index >= 15 is 0 Å². The minimum absolute atomic E-state index is 0. The van der Waals surface area contributed by atoms with Crippen LogP contribution in [0.5, 0.6) is 0 Å². The summed E-state index contributed by atoms with van der Waals surface area (Å²) in [5.74, 6) is 0. The van der Waals surface area contributed by atoms with E-state index < -0.39 is 0 Å². The molecule has 15 heavy (non-hydrogen) atoms. The van der Waals surface area contributed by atoms with Gasteiger partial charge in [-0.3, -0.25) is 0 Å². The predicted octanol–water partition coefficient (Wildman–Crippen LogP) is 2.04. The van der Waals surface area contributed by atoms with Crippen molar-refractivity contribution in [3.05, 3.63) is 61.2 Å². The molecule has 2 heteroatoms. The Morgan fingerprint density at radius 1 is 0.533 bits per heavy atom. The Morgan fingerprint density at radius 2 is 0.867 bits per heavy atom. The van der Waals surface area contributed by atoms with Gasteiger partial charge in [0, 0.05) is 24.3 Å². The highest BCUT2D eigenvalue weighted by Gasteiger charge is 2.03. The molecule has 2 nitrogen and oxygen atoms in total. The van der Waals surface area contributed by atoms with Gasteiger partial charge in [0.25, 0.3) is 0 Å². The molecule has 0 saturated heterocycles. The Morgan fingerprint density at radius 3 is 1.20 bits per heavy atom. The highest BCUT2D eigenvalue weighted by atomic mass is 15.1. The van der Waals surface area contributed by atoms with Crippen LogP contribution >= 0.6 is 0 Å². The smallest absolute Gasteiger partial charge is 0.147 e. The van der Waals surface area contributed by atoms with E-state index in [0.29, 0.717) is 0 Å². The molecule has 2 aromatic rings. The summed E-state index contributed by atoms with van der Waals surface area (Å²) in [6.45, 7) is 0.863. The fraction of sp³-hybridized carbons (Fsp3) is 0.231. The quantitative estimate of drug-likeness (QED) is 0.661. The highest BCUT2D eigenvalue weighted by molar-refractivity contribution is 4.84. The number of hydrogen-bond acceptors (Lipinski definition) is 0. The van der Waals surface area contributed by atoms with Crippen molar-refractivity contribution in [1.29, 1.82) is 0 Å². The average molecular weight is 204 g/mol. The summed E-state index contributed by atoms with van der Waals surface area (Å²) < 4.78 is 4.25. The summed E-state index contributed by atoms with van der Waals surface area (Å²) in [7, 11) is 0. The van der Waals surface area contributed by atoms with Gasteiger partial charge in [0.2, 0.25) is 0 Å². The molecule has 0 atom stereocenters. The molecule has 0 aliphatic heterocycles. The zero-order valence-corrected chi connectivity index (χ0v) is 7.38. The molecule has 0 aliphatic rings. The Balaban J connectivity index is 0.000000980. The van der Waals surface area contributed by atoms with Crippen LogP contribution in [0, 0.1) is 0 Å². The second kappa shape index (κ2) is 6.71. The van der Waals surface area contributed by atoms with E-state index in [1.165, 1.54) is 0 Å². The number of hydrogen-bond donors (Lipinski definition) is 0. The maximum absolute atomic E-state index is 2.12. The maximum atomic E-state index is 2.12. The Hall–Kier alpha value is -1.70. The fourth-order valence-corrected chi connectivity index (χ4v) is 1.25. The van der Waals surface area contributed by atoms with Gasteiger partial charge in [0.1, 0.15) is 0 Å². The van der Waals surface area contributed by atoms with Crippen molar-refractivity contribution in [2.45, 2.75) is 21.5 Å². The second-order valence-corrected chi connectivity index (χ2v) is 2.92. The number of nitrogens with zero attached hydrogens (tertiary/aromatic N) is 2. The van der Waals surface area contributed by atoms with Gasteiger partial charge in [-0.2, -0.15) is 0 Å². The van der Waals surface area contributed by atoms with Gasteiger partial charge in [-0.25, -0.2) is 0 Å². The summed E-state index contributed by atoms with van der Waals surface area (Å²) in [4.78, 5) is 0. The molecule has 0 aliphatic carbocycles.